The topological polar surface area (TPSA) is 84.3 Å². The molecule has 5 nitrogen and oxygen atoms in total. The molecule has 1 aromatic carbocycles. The molecule has 1 aromatic heterocycles. The quantitative estimate of drug-likeness (QED) is 0.869. The first kappa shape index (κ1) is 17.9. The molecule has 28 heavy (non-hydrogen) atoms. The number of carbonyl (C=O) groups is 1. The third kappa shape index (κ3) is 2.65. The van der Waals surface area contributed by atoms with Crippen LogP contribution in [-0.4, -0.2) is 5.78 Å². The first-order valence-corrected chi connectivity index (χ1v) is 8.90. The zero-order valence-corrected chi connectivity index (χ0v) is 14.9. The van der Waals surface area contributed by atoms with Gasteiger partial charge in [0.05, 0.1) is 17.6 Å². The number of Topliss-reactive ketones (excluding diaryl/α,β-unsaturated/α-hetero) is 1. The SMILES string of the molecule is N#CC1=C(N)N(c2c(F)cccc2F)C2=C(C(=O)CCC2)C1c1ccc[nH+]c1. The number of nitrogens with two attached hydrogens (primary N) is 1. The van der Waals surface area contributed by atoms with E-state index in [1.165, 1.54) is 11.0 Å². The van der Waals surface area contributed by atoms with E-state index in [2.05, 4.69) is 11.1 Å². The van der Waals surface area contributed by atoms with Gasteiger partial charge in [0.1, 0.15) is 23.1 Å². The number of aromatic amines is 1. The maximum Gasteiger partial charge on any atom is 0.171 e. The summed E-state index contributed by atoms with van der Waals surface area (Å²) >= 11 is 0. The molecule has 0 amide bonds. The summed E-state index contributed by atoms with van der Waals surface area (Å²) in [5.41, 5.74) is 7.52. The number of hydrogen-bond donors (Lipinski definition) is 1. The van der Waals surface area contributed by atoms with Gasteiger partial charge in [0.15, 0.2) is 18.2 Å². The number of rotatable bonds is 2. The number of allylic oxidation sites excluding steroid dienone is 3. The number of anilines is 1. The summed E-state index contributed by atoms with van der Waals surface area (Å²) in [6.45, 7) is 0. The van der Waals surface area contributed by atoms with Crippen molar-refractivity contribution in [2.45, 2.75) is 25.2 Å². The molecular formula is C21H17F2N4O+. The van der Waals surface area contributed by atoms with Crippen LogP contribution in [0.1, 0.15) is 30.7 Å². The highest BCUT2D eigenvalue weighted by atomic mass is 19.1. The summed E-state index contributed by atoms with van der Waals surface area (Å²) < 4.78 is 29.1. The predicted octanol–water partition coefficient (Wildman–Crippen LogP) is 3.08. The Hall–Kier alpha value is -3.53. The van der Waals surface area contributed by atoms with Gasteiger partial charge in [0.25, 0.3) is 0 Å². The van der Waals surface area contributed by atoms with Crippen molar-refractivity contribution in [1.29, 1.82) is 5.26 Å². The third-order valence-corrected chi connectivity index (χ3v) is 5.14. The summed E-state index contributed by atoms with van der Waals surface area (Å²) in [6.07, 6.45) is 4.71. The maximum atomic E-state index is 14.6. The van der Waals surface area contributed by atoms with Crippen LogP contribution >= 0.6 is 0 Å². The van der Waals surface area contributed by atoms with Crippen molar-refractivity contribution >= 4 is 11.5 Å². The van der Waals surface area contributed by atoms with Crippen LogP contribution in [0, 0.1) is 23.0 Å². The fraction of sp³-hybridized carbons (Fsp3) is 0.190. The molecule has 0 fully saturated rings. The molecule has 0 saturated heterocycles. The van der Waals surface area contributed by atoms with Gasteiger partial charge in [0, 0.05) is 29.3 Å². The van der Waals surface area contributed by atoms with E-state index in [1.807, 2.05) is 0 Å². The number of benzene rings is 1. The highest BCUT2D eigenvalue weighted by molar-refractivity contribution is 6.01. The molecule has 0 radical (unpaired) electrons. The summed E-state index contributed by atoms with van der Waals surface area (Å²) in [5, 5.41) is 9.83. The van der Waals surface area contributed by atoms with Gasteiger partial charge < -0.3 is 5.73 Å². The van der Waals surface area contributed by atoms with Gasteiger partial charge in [-0.25, -0.2) is 13.8 Å². The number of ketones is 1. The predicted molar refractivity (Wildman–Crippen MR) is 97.3 cm³/mol. The van der Waals surface area contributed by atoms with Crippen molar-refractivity contribution < 1.29 is 18.6 Å². The van der Waals surface area contributed by atoms with Gasteiger partial charge in [-0.05, 0) is 31.0 Å². The van der Waals surface area contributed by atoms with E-state index in [9.17, 15) is 18.8 Å². The average Bonchev–Trinajstić information content (AvgIpc) is 2.69. The van der Waals surface area contributed by atoms with Gasteiger partial charge in [-0.2, -0.15) is 5.26 Å². The maximum absolute atomic E-state index is 14.6. The molecule has 3 N–H and O–H groups in total. The van der Waals surface area contributed by atoms with Crippen molar-refractivity contribution in [2.75, 3.05) is 4.90 Å². The summed E-state index contributed by atoms with van der Waals surface area (Å²) in [4.78, 5) is 17.0. The number of pyridine rings is 1. The van der Waals surface area contributed by atoms with Crippen molar-refractivity contribution in [3.63, 3.8) is 0 Å². The molecule has 140 valence electrons. The van der Waals surface area contributed by atoms with Crippen LogP contribution in [0.5, 0.6) is 0 Å². The molecule has 2 heterocycles. The highest BCUT2D eigenvalue weighted by Gasteiger charge is 2.42. The van der Waals surface area contributed by atoms with Crippen LogP contribution in [0.15, 0.2) is 65.4 Å². The second kappa shape index (κ2) is 6.89. The molecule has 1 aliphatic carbocycles. The van der Waals surface area contributed by atoms with E-state index in [1.54, 1.807) is 24.5 Å². The third-order valence-electron chi connectivity index (χ3n) is 5.14. The highest BCUT2D eigenvalue weighted by Crippen LogP contribution is 2.46. The number of nitrogens with one attached hydrogen (secondary N) is 1. The molecular weight excluding hydrogens is 362 g/mol. The average molecular weight is 379 g/mol. The minimum Gasteiger partial charge on any atom is -0.384 e. The van der Waals surface area contributed by atoms with Crippen LogP contribution in [0.3, 0.4) is 0 Å². The number of halogens is 2. The number of nitriles is 1. The van der Waals surface area contributed by atoms with Crippen LogP contribution in [-0.2, 0) is 4.79 Å². The Morgan fingerprint density at radius 1 is 1.18 bits per heavy atom. The van der Waals surface area contributed by atoms with Gasteiger partial charge in [0.2, 0.25) is 0 Å². The zero-order chi connectivity index (χ0) is 19.8. The zero-order valence-electron chi connectivity index (χ0n) is 14.9. The molecule has 2 aromatic rings. The van der Waals surface area contributed by atoms with Gasteiger partial charge >= 0.3 is 0 Å². The van der Waals surface area contributed by atoms with Gasteiger partial charge in [-0.3, -0.25) is 9.69 Å². The second-order valence-electron chi connectivity index (χ2n) is 6.72. The molecule has 0 bridgehead atoms. The van der Waals surface area contributed by atoms with Crippen LogP contribution in [0.25, 0.3) is 0 Å². The van der Waals surface area contributed by atoms with Crippen molar-refractivity contribution in [3.8, 4) is 6.07 Å². The largest absolute Gasteiger partial charge is 0.384 e. The van der Waals surface area contributed by atoms with Crippen molar-refractivity contribution in [1.82, 2.24) is 0 Å². The molecule has 0 saturated carbocycles. The van der Waals surface area contributed by atoms with Crippen LogP contribution < -0.4 is 15.6 Å². The summed E-state index contributed by atoms with van der Waals surface area (Å²) in [5.74, 6) is -2.49. The Bertz CT molecular complexity index is 1050. The fourth-order valence-corrected chi connectivity index (χ4v) is 3.96. The van der Waals surface area contributed by atoms with Crippen molar-refractivity contribution in [2.24, 2.45) is 5.73 Å². The number of aromatic nitrogens is 1. The number of nitrogens with zero attached hydrogens (tertiary/aromatic N) is 2. The Balaban J connectivity index is 2.02. The molecule has 4 rings (SSSR count). The monoisotopic (exact) mass is 379 g/mol. The van der Waals surface area contributed by atoms with E-state index in [0.717, 1.165) is 12.1 Å². The Kier molecular flexibility index (Phi) is 4.40. The molecule has 1 aliphatic heterocycles. The lowest BCUT2D eigenvalue weighted by molar-refractivity contribution is -0.378. The van der Waals surface area contributed by atoms with Gasteiger partial charge in [-0.1, -0.05) is 6.07 Å². The molecule has 0 spiro atoms. The standard InChI is InChI=1S/C21H16F2N4O/c22-14-5-1-6-15(23)20(14)27-16-7-2-8-17(28)19(16)18(13(10-24)21(27)25)12-4-3-9-26-11-12/h1,3-6,9,11,18H,2,7-8,25H2/p+1. The lowest BCUT2D eigenvalue weighted by Crippen LogP contribution is -2.39. The summed E-state index contributed by atoms with van der Waals surface area (Å²) in [6, 6.07) is 9.12. The molecule has 1 unspecified atom stereocenters. The lowest BCUT2D eigenvalue weighted by atomic mass is 9.76. The minimum atomic E-state index is -0.809. The number of hydrogen-bond acceptors (Lipinski definition) is 4. The second-order valence-corrected chi connectivity index (χ2v) is 6.72. The summed E-state index contributed by atoms with van der Waals surface area (Å²) in [7, 11) is 0. The molecule has 2 aliphatic rings. The first-order chi connectivity index (χ1) is 13.5. The Morgan fingerprint density at radius 2 is 1.93 bits per heavy atom. The minimum absolute atomic E-state index is 0.0613. The van der Waals surface area contributed by atoms with E-state index < -0.39 is 17.6 Å². The first-order valence-electron chi connectivity index (χ1n) is 8.90. The van der Waals surface area contributed by atoms with Gasteiger partial charge in [-0.15, -0.1) is 0 Å². The smallest absolute Gasteiger partial charge is 0.171 e. The Labute approximate surface area is 160 Å². The van der Waals surface area contributed by atoms with E-state index in [0.29, 0.717) is 36.1 Å². The number of H-pyrrole nitrogens is 1. The van der Waals surface area contributed by atoms with Crippen LogP contribution in [0.4, 0.5) is 14.5 Å². The Morgan fingerprint density at radius 3 is 2.57 bits per heavy atom. The van der Waals surface area contributed by atoms with Crippen molar-refractivity contribution in [3.05, 3.63) is 82.6 Å². The lowest BCUT2D eigenvalue weighted by Gasteiger charge is -2.39. The normalized spacial score (nSPS) is 19.5. The number of carbonyl (C=O) groups excluding carboxylic acids is 1. The van der Waals surface area contributed by atoms with Crippen LogP contribution in [0.2, 0.25) is 0 Å². The number of para-hydroxylation sites is 1. The van der Waals surface area contributed by atoms with E-state index in [4.69, 9.17) is 5.73 Å². The van der Waals surface area contributed by atoms with E-state index in [-0.39, 0.29) is 22.9 Å². The fourth-order valence-electron chi connectivity index (χ4n) is 3.96. The van der Waals surface area contributed by atoms with E-state index >= 15 is 0 Å². The molecule has 7 heteroatoms. The molecule has 1 atom stereocenters.